The SMILES string of the molecule is c1ccc(-c2ccc(-c3nc(-c4ccccc4)nc(-c4cccc5oc6cc7c8ccccc8n(-c8ccc(-c9cccc(-c%10ccccc%10)c9)cc8)c7cc6c45)n3)cc2)cc1. The first-order valence-corrected chi connectivity index (χ1v) is 20.8. The number of hydrogen-bond acceptors (Lipinski definition) is 4. The van der Waals surface area contributed by atoms with E-state index >= 15 is 0 Å². The zero-order valence-electron chi connectivity index (χ0n) is 33.5. The van der Waals surface area contributed by atoms with E-state index in [0.29, 0.717) is 17.5 Å². The molecule has 0 atom stereocenters. The topological polar surface area (TPSA) is 56.7 Å². The van der Waals surface area contributed by atoms with Gasteiger partial charge in [-0.1, -0.05) is 176 Å². The molecule has 0 radical (unpaired) electrons. The van der Waals surface area contributed by atoms with Gasteiger partial charge in [0.25, 0.3) is 0 Å². The number of aromatic nitrogens is 4. The number of benzene rings is 9. The maximum absolute atomic E-state index is 6.70. The van der Waals surface area contributed by atoms with Crippen molar-refractivity contribution in [3.63, 3.8) is 0 Å². The first-order chi connectivity index (χ1) is 30.7. The van der Waals surface area contributed by atoms with Gasteiger partial charge in [-0.15, -0.1) is 0 Å². The molecule has 0 saturated heterocycles. The summed E-state index contributed by atoms with van der Waals surface area (Å²) in [6.45, 7) is 0. The molecule has 3 heterocycles. The molecule has 0 bridgehead atoms. The van der Waals surface area contributed by atoms with Crippen molar-refractivity contribution in [2.45, 2.75) is 0 Å². The van der Waals surface area contributed by atoms with Gasteiger partial charge in [-0.3, -0.25) is 0 Å². The predicted octanol–water partition coefficient (Wildman–Crippen LogP) is 14.9. The monoisotopic (exact) mass is 792 g/mol. The Morgan fingerprint density at radius 2 is 0.806 bits per heavy atom. The molecule has 0 fully saturated rings. The highest BCUT2D eigenvalue weighted by atomic mass is 16.3. The molecule has 0 N–H and O–H groups in total. The average Bonchev–Trinajstić information content (AvgIpc) is 3.89. The summed E-state index contributed by atoms with van der Waals surface area (Å²) in [7, 11) is 0. The fraction of sp³-hybridized carbons (Fsp3) is 0. The predicted molar refractivity (Wildman–Crippen MR) is 254 cm³/mol. The van der Waals surface area contributed by atoms with E-state index in [4.69, 9.17) is 19.4 Å². The van der Waals surface area contributed by atoms with Crippen LogP contribution in [0, 0.1) is 0 Å². The molecular weight excluding hydrogens is 757 g/mol. The molecule has 0 aliphatic carbocycles. The summed E-state index contributed by atoms with van der Waals surface area (Å²) in [5.74, 6) is 1.80. The standard InChI is InChI=1S/C57H36N4O/c1-4-14-37(15-5-1)39-26-28-42(29-27-39)56-58-55(41-18-8-3-9-19-41)59-57(60-56)47-23-13-25-52-54(47)49-35-51-48(36-53(49)62-52)46-22-10-11-24-50(46)61(51)45-32-30-40(31-33-45)44-21-12-20-43(34-44)38-16-6-2-7-17-38/h1-36H. The van der Waals surface area contributed by atoms with E-state index in [1.165, 1.54) is 22.3 Å². The largest absolute Gasteiger partial charge is 0.456 e. The minimum absolute atomic E-state index is 0.585. The molecule has 5 nitrogen and oxygen atoms in total. The highest BCUT2D eigenvalue weighted by Crippen LogP contribution is 2.42. The normalized spacial score (nSPS) is 11.5. The second-order valence-corrected chi connectivity index (χ2v) is 15.6. The summed E-state index contributed by atoms with van der Waals surface area (Å²) in [6, 6.07) is 76.4. The van der Waals surface area contributed by atoms with Crippen molar-refractivity contribution in [2.75, 3.05) is 0 Å². The van der Waals surface area contributed by atoms with Gasteiger partial charge in [-0.25, -0.2) is 15.0 Å². The first-order valence-electron chi connectivity index (χ1n) is 20.8. The van der Waals surface area contributed by atoms with Crippen molar-refractivity contribution in [1.82, 2.24) is 19.5 Å². The molecule has 9 aromatic carbocycles. The minimum Gasteiger partial charge on any atom is -0.456 e. The number of furan rings is 1. The zero-order chi connectivity index (χ0) is 41.0. The summed E-state index contributed by atoms with van der Waals surface area (Å²) >= 11 is 0. The zero-order valence-corrected chi connectivity index (χ0v) is 33.5. The van der Waals surface area contributed by atoms with E-state index in [-0.39, 0.29) is 0 Å². The van der Waals surface area contributed by atoms with Crippen LogP contribution in [0.4, 0.5) is 0 Å². The Kier molecular flexibility index (Phi) is 8.42. The Labute approximate surface area is 357 Å². The fourth-order valence-electron chi connectivity index (χ4n) is 8.85. The summed E-state index contributed by atoms with van der Waals surface area (Å²) in [5.41, 5.74) is 14.7. The molecule has 0 spiro atoms. The second-order valence-electron chi connectivity index (χ2n) is 15.6. The molecule has 0 saturated carbocycles. The van der Waals surface area contributed by atoms with Crippen molar-refractivity contribution in [1.29, 1.82) is 0 Å². The first kappa shape index (κ1) is 35.5. The van der Waals surface area contributed by atoms with Gasteiger partial charge in [-0.2, -0.15) is 0 Å². The molecule has 0 aliphatic heterocycles. The molecule has 0 unspecified atom stereocenters. The molecule has 0 amide bonds. The molecule has 5 heteroatoms. The van der Waals surface area contributed by atoms with Crippen LogP contribution >= 0.6 is 0 Å². The number of fused-ring (bicyclic) bond motifs is 6. The summed E-state index contributed by atoms with van der Waals surface area (Å²) in [5, 5.41) is 4.25. The van der Waals surface area contributed by atoms with Crippen LogP contribution in [0.25, 0.3) is 117 Å². The van der Waals surface area contributed by atoms with Crippen molar-refractivity contribution < 1.29 is 4.42 Å². The smallest absolute Gasteiger partial charge is 0.164 e. The minimum atomic E-state index is 0.585. The Balaban J connectivity index is 1.01. The van der Waals surface area contributed by atoms with E-state index in [1.807, 2.05) is 48.5 Å². The van der Waals surface area contributed by atoms with Gasteiger partial charge < -0.3 is 8.98 Å². The maximum atomic E-state index is 6.70. The van der Waals surface area contributed by atoms with Crippen LogP contribution in [-0.4, -0.2) is 19.5 Å². The third kappa shape index (κ3) is 6.14. The molecule has 12 aromatic rings. The lowest BCUT2D eigenvalue weighted by Crippen LogP contribution is -2.00. The summed E-state index contributed by atoms with van der Waals surface area (Å²) in [6.07, 6.45) is 0. The van der Waals surface area contributed by atoms with Gasteiger partial charge in [0.05, 0.1) is 11.0 Å². The van der Waals surface area contributed by atoms with E-state index in [9.17, 15) is 0 Å². The number of hydrogen-bond donors (Lipinski definition) is 0. The van der Waals surface area contributed by atoms with Crippen LogP contribution in [0.1, 0.15) is 0 Å². The number of para-hydroxylation sites is 1. The Hall–Kier alpha value is -8.41. The van der Waals surface area contributed by atoms with Crippen LogP contribution in [0.15, 0.2) is 223 Å². The van der Waals surface area contributed by atoms with Crippen LogP contribution in [0.5, 0.6) is 0 Å². The number of rotatable bonds is 7. The van der Waals surface area contributed by atoms with Gasteiger partial charge in [0.2, 0.25) is 0 Å². The highest BCUT2D eigenvalue weighted by Gasteiger charge is 2.21. The van der Waals surface area contributed by atoms with E-state index in [1.54, 1.807) is 0 Å². The fourth-order valence-corrected chi connectivity index (χ4v) is 8.85. The highest BCUT2D eigenvalue weighted by molar-refractivity contribution is 6.19. The van der Waals surface area contributed by atoms with E-state index < -0.39 is 0 Å². The Morgan fingerprint density at radius 1 is 0.306 bits per heavy atom. The van der Waals surface area contributed by atoms with Gasteiger partial charge in [0.1, 0.15) is 11.2 Å². The lowest BCUT2D eigenvalue weighted by atomic mass is 9.99. The maximum Gasteiger partial charge on any atom is 0.164 e. The lowest BCUT2D eigenvalue weighted by molar-refractivity contribution is 0.669. The van der Waals surface area contributed by atoms with Crippen LogP contribution in [-0.2, 0) is 0 Å². The lowest BCUT2D eigenvalue weighted by Gasteiger charge is -2.11. The quantitative estimate of drug-likeness (QED) is 0.161. The molecular formula is C57H36N4O. The third-order valence-corrected chi connectivity index (χ3v) is 11.9. The average molecular weight is 793 g/mol. The van der Waals surface area contributed by atoms with Gasteiger partial charge in [0, 0.05) is 43.9 Å². The van der Waals surface area contributed by atoms with Crippen LogP contribution in [0.2, 0.25) is 0 Å². The van der Waals surface area contributed by atoms with Gasteiger partial charge in [-0.05, 0) is 75.8 Å². The van der Waals surface area contributed by atoms with Crippen molar-refractivity contribution in [3.05, 3.63) is 218 Å². The van der Waals surface area contributed by atoms with E-state index in [2.05, 4.69) is 174 Å². The Morgan fingerprint density at radius 3 is 1.50 bits per heavy atom. The molecule has 0 aliphatic rings. The summed E-state index contributed by atoms with van der Waals surface area (Å²) < 4.78 is 9.06. The molecule has 62 heavy (non-hydrogen) atoms. The third-order valence-electron chi connectivity index (χ3n) is 11.9. The van der Waals surface area contributed by atoms with Crippen molar-refractivity contribution >= 4 is 43.7 Å². The van der Waals surface area contributed by atoms with Crippen LogP contribution in [0.3, 0.4) is 0 Å². The van der Waals surface area contributed by atoms with Gasteiger partial charge >= 0.3 is 0 Å². The Bertz CT molecular complexity index is 3590. The van der Waals surface area contributed by atoms with Crippen molar-refractivity contribution in [2.24, 2.45) is 0 Å². The van der Waals surface area contributed by atoms with Crippen LogP contribution < -0.4 is 0 Å². The molecule has 3 aromatic heterocycles. The van der Waals surface area contributed by atoms with Crippen molar-refractivity contribution in [3.8, 4) is 73.2 Å². The van der Waals surface area contributed by atoms with Gasteiger partial charge in [0.15, 0.2) is 17.5 Å². The molecule has 12 rings (SSSR count). The second kappa shape index (κ2) is 14.7. The van der Waals surface area contributed by atoms with E-state index in [0.717, 1.165) is 77.2 Å². The number of nitrogens with zero attached hydrogens (tertiary/aromatic N) is 4. The summed E-state index contributed by atoms with van der Waals surface area (Å²) in [4.78, 5) is 15.4. The molecule has 290 valence electrons.